The molecule has 126 valence electrons. The molecule has 24 heavy (non-hydrogen) atoms. The van der Waals surface area contributed by atoms with E-state index in [1.165, 1.54) is 18.4 Å². The largest absolute Gasteiger partial charge is 0.362 e. The molecule has 1 aliphatic carbocycles. The lowest BCUT2D eigenvalue weighted by Crippen LogP contribution is -2.40. The minimum Gasteiger partial charge on any atom is -0.362 e. The molecule has 0 radical (unpaired) electrons. The first-order valence-electron chi connectivity index (χ1n) is 7.86. The van der Waals surface area contributed by atoms with Crippen LogP contribution in [0.2, 0.25) is 5.02 Å². The fourth-order valence-electron chi connectivity index (χ4n) is 3.21. The number of aromatic nitrogens is 2. The van der Waals surface area contributed by atoms with E-state index in [-0.39, 0.29) is 5.41 Å². The van der Waals surface area contributed by atoms with Crippen LogP contribution in [0.5, 0.6) is 0 Å². The van der Waals surface area contributed by atoms with Crippen molar-refractivity contribution in [2.24, 2.45) is 0 Å². The Balaban J connectivity index is 1.65. The van der Waals surface area contributed by atoms with Crippen LogP contribution in [0.4, 0.5) is 5.82 Å². The molecule has 1 aromatic carbocycles. The topological polar surface area (TPSA) is 49.8 Å². The molecule has 1 saturated carbocycles. The number of anilines is 1. The highest BCUT2D eigenvalue weighted by Crippen LogP contribution is 2.40. The van der Waals surface area contributed by atoms with Gasteiger partial charge in [0.2, 0.25) is 0 Å². The number of rotatable bonds is 4. The SMILES string of the molecule is S=C(NCC1(c2ccc(Cl)cc2)CCCC1)Nc1cnc(Br)cn1. The number of hydrogen-bond acceptors (Lipinski definition) is 3. The normalized spacial score (nSPS) is 15.9. The summed E-state index contributed by atoms with van der Waals surface area (Å²) in [6.45, 7) is 0.796. The lowest BCUT2D eigenvalue weighted by molar-refractivity contribution is 0.435. The maximum atomic E-state index is 6.03. The summed E-state index contributed by atoms with van der Waals surface area (Å²) in [6.07, 6.45) is 8.07. The molecule has 0 spiro atoms. The molecule has 1 aliphatic rings. The summed E-state index contributed by atoms with van der Waals surface area (Å²) in [7, 11) is 0. The van der Waals surface area contributed by atoms with E-state index in [0.717, 1.165) is 24.4 Å². The molecule has 2 aromatic rings. The van der Waals surface area contributed by atoms with E-state index >= 15 is 0 Å². The molecule has 3 rings (SSSR count). The lowest BCUT2D eigenvalue weighted by atomic mass is 9.79. The summed E-state index contributed by atoms with van der Waals surface area (Å²) in [4.78, 5) is 8.35. The molecular weight excluding hydrogens is 408 g/mol. The first kappa shape index (κ1) is 17.6. The molecule has 0 aliphatic heterocycles. The van der Waals surface area contributed by atoms with E-state index < -0.39 is 0 Å². The molecule has 0 atom stereocenters. The van der Waals surface area contributed by atoms with Crippen molar-refractivity contribution in [3.63, 3.8) is 0 Å². The van der Waals surface area contributed by atoms with Gasteiger partial charge in [-0.2, -0.15) is 0 Å². The molecule has 0 saturated heterocycles. The standard InChI is InChI=1S/C17H18BrClN4S/c18-14-9-21-15(10-20-14)23-16(24)22-11-17(7-1-2-8-17)12-3-5-13(19)6-4-12/h3-6,9-10H,1-2,7-8,11H2,(H2,21,22,23,24). The predicted octanol–water partition coefficient (Wildman–Crippen LogP) is 4.69. The van der Waals surface area contributed by atoms with Gasteiger partial charge in [0.25, 0.3) is 0 Å². The van der Waals surface area contributed by atoms with Gasteiger partial charge in [0.15, 0.2) is 10.9 Å². The second kappa shape index (κ2) is 7.76. The van der Waals surface area contributed by atoms with Gasteiger partial charge in [0.1, 0.15) is 4.60 Å². The third-order valence-corrected chi connectivity index (χ3v) is 5.37. The Morgan fingerprint density at radius 2 is 1.88 bits per heavy atom. The van der Waals surface area contributed by atoms with Gasteiger partial charge >= 0.3 is 0 Å². The smallest absolute Gasteiger partial charge is 0.172 e. The quantitative estimate of drug-likeness (QED) is 0.696. The number of nitrogens with one attached hydrogen (secondary N) is 2. The van der Waals surface area contributed by atoms with Gasteiger partial charge < -0.3 is 10.6 Å². The highest BCUT2D eigenvalue weighted by molar-refractivity contribution is 9.10. The third-order valence-electron chi connectivity index (χ3n) is 4.47. The molecule has 1 aromatic heterocycles. The zero-order valence-electron chi connectivity index (χ0n) is 13.1. The van der Waals surface area contributed by atoms with Gasteiger partial charge in [-0.1, -0.05) is 36.6 Å². The minimum absolute atomic E-state index is 0.113. The summed E-state index contributed by atoms with van der Waals surface area (Å²) >= 11 is 14.7. The first-order valence-corrected chi connectivity index (χ1v) is 9.44. The summed E-state index contributed by atoms with van der Waals surface area (Å²) in [6, 6.07) is 8.19. The number of nitrogens with zero attached hydrogens (tertiary/aromatic N) is 2. The van der Waals surface area contributed by atoms with Crippen molar-refractivity contribution in [2.45, 2.75) is 31.1 Å². The zero-order chi connectivity index (χ0) is 17.0. The van der Waals surface area contributed by atoms with Crippen LogP contribution in [0.25, 0.3) is 0 Å². The van der Waals surface area contributed by atoms with Crippen molar-refractivity contribution in [3.8, 4) is 0 Å². The summed E-state index contributed by atoms with van der Waals surface area (Å²) in [5, 5.41) is 7.76. The molecule has 0 amide bonds. The van der Waals surface area contributed by atoms with Gasteiger partial charge in [0, 0.05) is 17.0 Å². The maximum Gasteiger partial charge on any atom is 0.172 e. The molecule has 4 nitrogen and oxygen atoms in total. The summed E-state index contributed by atoms with van der Waals surface area (Å²) < 4.78 is 0.694. The van der Waals surface area contributed by atoms with Crippen LogP contribution < -0.4 is 10.6 Å². The van der Waals surface area contributed by atoms with Crippen LogP contribution in [0, 0.1) is 0 Å². The van der Waals surface area contributed by atoms with E-state index in [1.54, 1.807) is 12.4 Å². The van der Waals surface area contributed by atoms with E-state index in [2.05, 4.69) is 48.7 Å². The maximum absolute atomic E-state index is 6.03. The van der Waals surface area contributed by atoms with Crippen molar-refractivity contribution >= 4 is 50.7 Å². The van der Waals surface area contributed by atoms with Crippen LogP contribution in [-0.4, -0.2) is 21.6 Å². The summed E-state index contributed by atoms with van der Waals surface area (Å²) in [5.41, 5.74) is 1.44. The number of thiocarbonyl (C=S) groups is 1. The number of hydrogen-bond donors (Lipinski definition) is 2. The van der Waals surface area contributed by atoms with E-state index in [4.69, 9.17) is 23.8 Å². The monoisotopic (exact) mass is 424 g/mol. The Morgan fingerprint density at radius 3 is 2.50 bits per heavy atom. The van der Waals surface area contributed by atoms with Crippen molar-refractivity contribution in [1.29, 1.82) is 0 Å². The van der Waals surface area contributed by atoms with Gasteiger partial charge in [-0.05, 0) is 58.7 Å². The van der Waals surface area contributed by atoms with Gasteiger partial charge in [-0.3, -0.25) is 0 Å². The van der Waals surface area contributed by atoms with Crippen LogP contribution in [0.15, 0.2) is 41.3 Å². The molecule has 1 heterocycles. The molecule has 7 heteroatoms. The van der Waals surface area contributed by atoms with Crippen molar-refractivity contribution < 1.29 is 0 Å². The number of halogens is 2. The Morgan fingerprint density at radius 1 is 1.17 bits per heavy atom. The Bertz CT molecular complexity index is 700. The third kappa shape index (κ3) is 4.23. The molecule has 1 fully saturated rings. The molecule has 2 N–H and O–H groups in total. The van der Waals surface area contributed by atoms with E-state index in [9.17, 15) is 0 Å². The molecule has 0 unspecified atom stereocenters. The zero-order valence-corrected chi connectivity index (χ0v) is 16.2. The van der Waals surface area contributed by atoms with Crippen molar-refractivity contribution in [3.05, 3.63) is 51.8 Å². The predicted molar refractivity (Wildman–Crippen MR) is 106 cm³/mol. The van der Waals surface area contributed by atoms with Crippen LogP contribution >= 0.6 is 39.7 Å². The van der Waals surface area contributed by atoms with E-state index in [1.807, 2.05) is 12.1 Å². The van der Waals surface area contributed by atoms with Crippen LogP contribution in [0.3, 0.4) is 0 Å². The second-order valence-electron chi connectivity index (χ2n) is 6.03. The first-order chi connectivity index (χ1) is 11.6. The van der Waals surface area contributed by atoms with E-state index in [0.29, 0.717) is 15.5 Å². The minimum atomic E-state index is 0.113. The lowest BCUT2D eigenvalue weighted by Gasteiger charge is -2.30. The Hall–Kier alpha value is -1.24. The second-order valence-corrected chi connectivity index (χ2v) is 7.68. The van der Waals surface area contributed by atoms with Crippen molar-refractivity contribution in [1.82, 2.24) is 15.3 Å². The van der Waals surface area contributed by atoms with Gasteiger partial charge in [-0.25, -0.2) is 9.97 Å². The summed E-state index contributed by atoms with van der Waals surface area (Å²) in [5.74, 6) is 0.627. The number of benzene rings is 1. The molecule has 0 bridgehead atoms. The average molecular weight is 426 g/mol. The Labute approximate surface area is 160 Å². The van der Waals surface area contributed by atoms with Gasteiger partial charge in [0.05, 0.1) is 12.4 Å². The Kier molecular flexibility index (Phi) is 5.69. The highest BCUT2D eigenvalue weighted by atomic mass is 79.9. The average Bonchev–Trinajstić information content (AvgIpc) is 3.06. The van der Waals surface area contributed by atoms with Crippen LogP contribution in [0.1, 0.15) is 31.2 Å². The highest BCUT2D eigenvalue weighted by Gasteiger charge is 2.35. The fraction of sp³-hybridized carbons (Fsp3) is 0.353. The van der Waals surface area contributed by atoms with Gasteiger partial charge in [-0.15, -0.1) is 0 Å². The van der Waals surface area contributed by atoms with Crippen LogP contribution in [-0.2, 0) is 5.41 Å². The fourth-order valence-corrected chi connectivity index (χ4v) is 3.72. The molecular formula is C17H18BrClN4S. The van der Waals surface area contributed by atoms with Crippen molar-refractivity contribution in [2.75, 3.05) is 11.9 Å².